The number of halogens is 2. The van der Waals surface area contributed by atoms with E-state index in [1.807, 2.05) is 4.90 Å². The van der Waals surface area contributed by atoms with Crippen LogP contribution in [0.5, 0.6) is 0 Å². The second-order valence-electron chi connectivity index (χ2n) is 7.39. The van der Waals surface area contributed by atoms with Crippen molar-refractivity contribution in [3.8, 4) is 0 Å². The summed E-state index contributed by atoms with van der Waals surface area (Å²) in [6.07, 6.45) is 2.19. The standard InChI is InChI=1S/C19H21F2N3O2S/c20-15-1-2-17(21)14(5-15)8-23-3-4-26-12-19(10-23)6-18(25)24(11-19)9-16-7-22-13-27-16/h1-2,5,7,13H,3-4,6,8-12H2/t19-/m1/s1. The Bertz CT molecular complexity index is 817. The molecule has 1 amide bonds. The first-order valence-corrected chi connectivity index (χ1v) is 9.80. The first kappa shape index (κ1) is 18.5. The summed E-state index contributed by atoms with van der Waals surface area (Å²) in [5.74, 6) is -0.755. The van der Waals surface area contributed by atoms with Crippen molar-refractivity contribution in [2.45, 2.75) is 19.5 Å². The van der Waals surface area contributed by atoms with Gasteiger partial charge in [-0.2, -0.15) is 0 Å². The van der Waals surface area contributed by atoms with E-state index >= 15 is 0 Å². The molecule has 2 fully saturated rings. The number of hydrogen-bond donors (Lipinski definition) is 0. The minimum atomic E-state index is -0.445. The summed E-state index contributed by atoms with van der Waals surface area (Å²) in [5, 5.41) is 0. The molecule has 1 atom stereocenters. The number of benzene rings is 1. The van der Waals surface area contributed by atoms with Crippen molar-refractivity contribution in [2.24, 2.45) is 5.41 Å². The SMILES string of the molecule is O=C1C[C@]2(COCCN(Cc3cc(F)ccc3F)C2)CN1Cc1cncs1. The number of carbonyl (C=O) groups is 1. The summed E-state index contributed by atoms with van der Waals surface area (Å²) in [6, 6.07) is 3.52. The highest BCUT2D eigenvalue weighted by atomic mass is 32.1. The number of carbonyl (C=O) groups excluding carboxylic acids is 1. The summed E-state index contributed by atoms with van der Waals surface area (Å²) >= 11 is 1.53. The molecule has 2 aliphatic heterocycles. The third-order valence-electron chi connectivity index (χ3n) is 5.16. The van der Waals surface area contributed by atoms with E-state index in [1.165, 1.54) is 17.4 Å². The maximum Gasteiger partial charge on any atom is 0.223 e. The third-order valence-corrected chi connectivity index (χ3v) is 5.92. The minimum Gasteiger partial charge on any atom is -0.379 e. The Morgan fingerprint density at radius 2 is 2.15 bits per heavy atom. The summed E-state index contributed by atoms with van der Waals surface area (Å²) in [4.78, 5) is 21.6. The average Bonchev–Trinajstić information content (AvgIpc) is 3.18. The van der Waals surface area contributed by atoms with Crippen molar-refractivity contribution in [3.05, 3.63) is 52.0 Å². The van der Waals surface area contributed by atoms with Crippen LogP contribution in [0.2, 0.25) is 0 Å². The molecule has 1 aromatic carbocycles. The highest BCUT2D eigenvalue weighted by Crippen LogP contribution is 2.35. The van der Waals surface area contributed by atoms with Gasteiger partial charge in [0.2, 0.25) is 5.91 Å². The molecule has 8 heteroatoms. The number of nitrogens with zero attached hydrogens (tertiary/aromatic N) is 3. The first-order chi connectivity index (χ1) is 13.0. The van der Waals surface area contributed by atoms with Crippen LogP contribution < -0.4 is 0 Å². The number of amides is 1. The largest absolute Gasteiger partial charge is 0.379 e. The van der Waals surface area contributed by atoms with Gasteiger partial charge >= 0.3 is 0 Å². The van der Waals surface area contributed by atoms with Crippen molar-refractivity contribution in [3.63, 3.8) is 0 Å². The van der Waals surface area contributed by atoms with Crippen molar-refractivity contribution < 1.29 is 18.3 Å². The molecule has 4 rings (SSSR count). The van der Waals surface area contributed by atoms with Crippen LogP contribution in [0.15, 0.2) is 29.9 Å². The van der Waals surface area contributed by atoms with Crippen LogP contribution in [0.4, 0.5) is 8.78 Å². The van der Waals surface area contributed by atoms with Crippen LogP contribution in [0, 0.1) is 17.0 Å². The molecule has 2 saturated heterocycles. The molecule has 0 radical (unpaired) electrons. The van der Waals surface area contributed by atoms with Gasteiger partial charge in [-0.1, -0.05) is 0 Å². The molecule has 1 aromatic heterocycles. The van der Waals surface area contributed by atoms with Gasteiger partial charge in [-0.05, 0) is 18.2 Å². The average molecular weight is 393 g/mol. The fourth-order valence-corrected chi connectivity index (χ4v) is 4.57. The number of thiazole rings is 1. The van der Waals surface area contributed by atoms with E-state index in [1.54, 1.807) is 11.7 Å². The maximum absolute atomic E-state index is 14.0. The topological polar surface area (TPSA) is 45.7 Å². The summed E-state index contributed by atoms with van der Waals surface area (Å²) in [7, 11) is 0. The van der Waals surface area contributed by atoms with Crippen molar-refractivity contribution >= 4 is 17.2 Å². The van der Waals surface area contributed by atoms with Gasteiger partial charge < -0.3 is 9.64 Å². The summed E-state index contributed by atoms with van der Waals surface area (Å²) < 4.78 is 33.3. The fourth-order valence-electron chi connectivity index (χ4n) is 3.96. The molecular weight excluding hydrogens is 372 g/mol. The van der Waals surface area contributed by atoms with E-state index in [2.05, 4.69) is 9.88 Å². The zero-order valence-electron chi connectivity index (χ0n) is 14.9. The van der Waals surface area contributed by atoms with E-state index < -0.39 is 11.6 Å². The Balaban J connectivity index is 1.48. The lowest BCUT2D eigenvalue weighted by Gasteiger charge is -2.31. The Kier molecular flexibility index (Phi) is 5.21. The Labute approximate surface area is 160 Å². The quantitative estimate of drug-likeness (QED) is 0.801. The van der Waals surface area contributed by atoms with Gasteiger partial charge in [0, 0.05) is 54.7 Å². The molecule has 144 valence electrons. The molecule has 0 aliphatic carbocycles. The molecule has 0 unspecified atom stereocenters. The number of aromatic nitrogens is 1. The monoisotopic (exact) mass is 393 g/mol. The normalized spacial score (nSPS) is 23.9. The van der Waals surface area contributed by atoms with Crippen LogP contribution in [0.3, 0.4) is 0 Å². The number of hydrogen-bond acceptors (Lipinski definition) is 5. The Hall–Kier alpha value is -1.90. The van der Waals surface area contributed by atoms with E-state index in [0.717, 1.165) is 17.0 Å². The molecule has 0 saturated carbocycles. The number of ether oxygens (including phenoxy) is 1. The Morgan fingerprint density at radius 1 is 1.26 bits per heavy atom. The molecule has 2 aromatic rings. The van der Waals surface area contributed by atoms with Gasteiger partial charge in [-0.15, -0.1) is 11.3 Å². The van der Waals surface area contributed by atoms with Gasteiger partial charge in [0.25, 0.3) is 0 Å². The molecule has 3 heterocycles. The molecule has 1 spiro atoms. The molecule has 0 bridgehead atoms. The van der Waals surface area contributed by atoms with Gasteiger partial charge in [-0.3, -0.25) is 14.7 Å². The molecule has 0 N–H and O–H groups in total. The van der Waals surface area contributed by atoms with Crippen LogP contribution in [0.1, 0.15) is 16.9 Å². The molecule has 27 heavy (non-hydrogen) atoms. The highest BCUT2D eigenvalue weighted by Gasteiger charge is 2.45. The van der Waals surface area contributed by atoms with Gasteiger partial charge in [0.05, 0.1) is 25.3 Å². The predicted molar refractivity (Wildman–Crippen MR) is 97.0 cm³/mol. The number of rotatable bonds is 4. The lowest BCUT2D eigenvalue weighted by atomic mass is 9.87. The van der Waals surface area contributed by atoms with Gasteiger partial charge in [-0.25, -0.2) is 8.78 Å². The second kappa shape index (κ2) is 7.61. The van der Waals surface area contributed by atoms with Gasteiger partial charge in [0.1, 0.15) is 11.6 Å². The second-order valence-corrected chi connectivity index (χ2v) is 8.36. The summed E-state index contributed by atoms with van der Waals surface area (Å²) in [5.41, 5.74) is 1.77. The van der Waals surface area contributed by atoms with Crippen LogP contribution >= 0.6 is 11.3 Å². The summed E-state index contributed by atoms with van der Waals surface area (Å²) in [6.45, 7) is 3.73. The fraction of sp³-hybridized carbons (Fsp3) is 0.474. The lowest BCUT2D eigenvalue weighted by Crippen LogP contribution is -2.40. The highest BCUT2D eigenvalue weighted by molar-refractivity contribution is 7.09. The van der Waals surface area contributed by atoms with Crippen molar-refractivity contribution in [1.82, 2.24) is 14.8 Å². The molecule has 5 nitrogen and oxygen atoms in total. The van der Waals surface area contributed by atoms with E-state index in [9.17, 15) is 13.6 Å². The smallest absolute Gasteiger partial charge is 0.223 e. The predicted octanol–water partition coefficient (Wildman–Crippen LogP) is 2.67. The molecular formula is C19H21F2N3O2S. The maximum atomic E-state index is 14.0. The van der Waals surface area contributed by atoms with E-state index in [0.29, 0.717) is 57.9 Å². The van der Waals surface area contributed by atoms with Crippen molar-refractivity contribution in [2.75, 3.05) is 32.8 Å². The van der Waals surface area contributed by atoms with Crippen LogP contribution in [-0.2, 0) is 22.6 Å². The lowest BCUT2D eigenvalue weighted by molar-refractivity contribution is -0.128. The first-order valence-electron chi connectivity index (χ1n) is 8.92. The zero-order valence-corrected chi connectivity index (χ0v) is 15.7. The third kappa shape index (κ3) is 4.17. The van der Waals surface area contributed by atoms with E-state index in [-0.39, 0.29) is 11.3 Å². The van der Waals surface area contributed by atoms with E-state index in [4.69, 9.17) is 4.74 Å². The molecule has 2 aliphatic rings. The van der Waals surface area contributed by atoms with Gasteiger partial charge in [0.15, 0.2) is 0 Å². The van der Waals surface area contributed by atoms with Crippen LogP contribution in [-0.4, -0.2) is 53.5 Å². The number of likely N-dealkylation sites (tertiary alicyclic amines) is 1. The van der Waals surface area contributed by atoms with Crippen LogP contribution in [0.25, 0.3) is 0 Å². The minimum absolute atomic E-state index is 0.103. The Morgan fingerprint density at radius 3 is 2.96 bits per heavy atom. The zero-order chi connectivity index (χ0) is 18.9. The van der Waals surface area contributed by atoms with Crippen molar-refractivity contribution in [1.29, 1.82) is 0 Å².